The third kappa shape index (κ3) is 3.94. The van der Waals surface area contributed by atoms with Crippen molar-refractivity contribution in [1.82, 2.24) is 5.32 Å². The number of rotatable bonds is 4. The van der Waals surface area contributed by atoms with Crippen molar-refractivity contribution in [2.45, 2.75) is 0 Å². The fourth-order valence-electron chi connectivity index (χ4n) is 2.25. The number of aromatic hydroxyl groups is 1. The van der Waals surface area contributed by atoms with Crippen LogP contribution in [0.4, 0.5) is 17.1 Å². The number of thioether (sulfide) groups is 1. The molecule has 10 nitrogen and oxygen atoms in total. The molecular weight excluding hydrogens is 412 g/mol. The first-order valence-corrected chi connectivity index (χ1v) is 8.65. The number of benzene rings is 2. The van der Waals surface area contributed by atoms with E-state index in [4.69, 9.17) is 11.6 Å². The monoisotopic (exact) mass is 420 g/mol. The molecule has 3 rings (SSSR count). The number of aliphatic imine (C=N–C) groups is 1. The molecule has 0 aromatic heterocycles. The molecule has 1 aliphatic rings. The largest absolute Gasteiger partial charge is 0.502 e. The van der Waals surface area contributed by atoms with Crippen LogP contribution in [-0.2, 0) is 4.79 Å². The van der Waals surface area contributed by atoms with Crippen molar-refractivity contribution in [2.75, 3.05) is 0 Å². The molecule has 2 aromatic carbocycles. The summed E-state index contributed by atoms with van der Waals surface area (Å²) >= 11 is 6.91. The molecule has 0 aliphatic carbocycles. The number of carbonyl (C=O) groups is 1. The van der Waals surface area contributed by atoms with E-state index in [-0.39, 0.29) is 15.6 Å². The van der Waals surface area contributed by atoms with E-state index in [0.29, 0.717) is 16.8 Å². The first-order valence-electron chi connectivity index (χ1n) is 7.46. The van der Waals surface area contributed by atoms with Gasteiger partial charge < -0.3 is 10.4 Å². The highest BCUT2D eigenvalue weighted by Gasteiger charge is 2.27. The molecule has 1 amide bonds. The van der Waals surface area contributed by atoms with E-state index < -0.39 is 32.9 Å². The number of amidine groups is 1. The molecule has 0 atom stereocenters. The van der Waals surface area contributed by atoms with Gasteiger partial charge in [-0.15, -0.1) is 0 Å². The predicted molar refractivity (Wildman–Crippen MR) is 104 cm³/mol. The molecule has 28 heavy (non-hydrogen) atoms. The average Bonchev–Trinajstić information content (AvgIpc) is 2.97. The zero-order valence-corrected chi connectivity index (χ0v) is 15.2. The highest BCUT2D eigenvalue weighted by atomic mass is 35.5. The smallest absolute Gasteiger partial charge is 0.318 e. The molecule has 12 heteroatoms. The van der Waals surface area contributed by atoms with Crippen LogP contribution in [-0.4, -0.2) is 26.0 Å². The van der Waals surface area contributed by atoms with Gasteiger partial charge in [0.2, 0.25) is 5.75 Å². The van der Waals surface area contributed by atoms with Crippen LogP contribution in [0, 0.1) is 20.2 Å². The van der Waals surface area contributed by atoms with Crippen molar-refractivity contribution in [2.24, 2.45) is 4.99 Å². The summed E-state index contributed by atoms with van der Waals surface area (Å²) in [5.41, 5.74) is -1.25. The quantitative estimate of drug-likeness (QED) is 0.434. The lowest BCUT2D eigenvalue weighted by molar-refractivity contribution is -0.394. The number of halogens is 1. The Balaban J connectivity index is 2.00. The molecular formula is C16H9ClN4O6S. The van der Waals surface area contributed by atoms with Gasteiger partial charge in [0.25, 0.3) is 11.6 Å². The van der Waals surface area contributed by atoms with Crippen LogP contribution in [0.25, 0.3) is 6.08 Å². The zero-order chi connectivity index (χ0) is 20.4. The fourth-order valence-corrected chi connectivity index (χ4v) is 3.26. The number of nitrogens with one attached hydrogen (secondary N) is 1. The Bertz CT molecular complexity index is 1080. The van der Waals surface area contributed by atoms with E-state index in [9.17, 15) is 30.1 Å². The number of amides is 1. The number of nitro groups is 2. The van der Waals surface area contributed by atoms with E-state index in [1.165, 1.54) is 0 Å². The normalized spacial score (nSPS) is 16.4. The van der Waals surface area contributed by atoms with E-state index >= 15 is 0 Å². The first kappa shape index (κ1) is 19.3. The first-order chi connectivity index (χ1) is 13.3. The van der Waals surface area contributed by atoms with Gasteiger partial charge in [-0.2, -0.15) is 0 Å². The standard InChI is InChI=1S/C16H9ClN4O6S/c17-10-3-1-2-4-11(10)18-16-19-15(23)13(28-16)6-8-5-9(20(24)25)7-12(14(8)22)21(26)27/h1-7,22H,(H,18,19,23)/b13-6+. The van der Waals surface area contributed by atoms with Gasteiger partial charge in [0.15, 0.2) is 5.17 Å². The van der Waals surface area contributed by atoms with Gasteiger partial charge >= 0.3 is 5.69 Å². The number of non-ortho nitro benzene ring substituents is 1. The van der Waals surface area contributed by atoms with Crippen LogP contribution in [0.5, 0.6) is 5.75 Å². The molecule has 1 saturated heterocycles. The summed E-state index contributed by atoms with van der Waals surface area (Å²) in [6.45, 7) is 0. The number of para-hydroxylation sites is 1. The minimum Gasteiger partial charge on any atom is -0.502 e. The molecule has 0 saturated carbocycles. The summed E-state index contributed by atoms with van der Waals surface area (Å²) in [6.07, 6.45) is 1.12. The number of hydrogen-bond acceptors (Lipinski definition) is 8. The maximum Gasteiger partial charge on any atom is 0.318 e. The van der Waals surface area contributed by atoms with Gasteiger partial charge in [0, 0.05) is 11.6 Å². The van der Waals surface area contributed by atoms with E-state index in [0.717, 1.165) is 23.9 Å². The molecule has 2 aromatic rings. The number of hydrogen-bond donors (Lipinski definition) is 2. The second-order valence-corrected chi connectivity index (χ2v) is 6.79. The molecule has 0 spiro atoms. The second kappa shape index (κ2) is 7.66. The second-order valence-electron chi connectivity index (χ2n) is 5.35. The summed E-state index contributed by atoms with van der Waals surface area (Å²) in [5, 5.41) is 35.1. The van der Waals surface area contributed by atoms with E-state index in [1.54, 1.807) is 24.3 Å². The highest BCUT2D eigenvalue weighted by molar-refractivity contribution is 8.18. The molecule has 0 radical (unpaired) electrons. The van der Waals surface area contributed by atoms with Crippen LogP contribution in [0.1, 0.15) is 5.56 Å². The minimum absolute atomic E-state index is 0.0379. The van der Waals surface area contributed by atoms with Gasteiger partial charge in [-0.25, -0.2) is 4.99 Å². The zero-order valence-electron chi connectivity index (χ0n) is 13.7. The lowest BCUT2D eigenvalue weighted by Gasteiger charge is -2.02. The lowest BCUT2D eigenvalue weighted by Crippen LogP contribution is -2.19. The van der Waals surface area contributed by atoms with Gasteiger partial charge in [0.1, 0.15) is 0 Å². The van der Waals surface area contributed by atoms with Crippen LogP contribution in [0.2, 0.25) is 5.02 Å². The van der Waals surface area contributed by atoms with Gasteiger partial charge in [-0.05, 0) is 30.0 Å². The van der Waals surface area contributed by atoms with Gasteiger partial charge in [0.05, 0.1) is 31.5 Å². The summed E-state index contributed by atoms with van der Waals surface area (Å²) in [7, 11) is 0. The third-order valence-corrected chi connectivity index (χ3v) is 4.75. The van der Waals surface area contributed by atoms with Crippen molar-refractivity contribution in [1.29, 1.82) is 0 Å². The number of nitro benzene ring substituents is 2. The van der Waals surface area contributed by atoms with Gasteiger partial charge in [-0.1, -0.05) is 23.7 Å². The Kier molecular flexibility index (Phi) is 5.29. The topological polar surface area (TPSA) is 148 Å². The number of phenolic OH excluding ortho intramolecular Hbond substituents is 1. The lowest BCUT2D eigenvalue weighted by atomic mass is 10.1. The molecule has 1 heterocycles. The van der Waals surface area contributed by atoms with Gasteiger partial charge in [-0.3, -0.25) is 25.0 Å². The Morgan fingerprint density at radius 2 is 1.89 bits per heavy atom. The molecule has 2 N–H and O–H groups in total. The van der Waals surface area contributed by atoms with Crippen molar-refractivity contribution < 1.29 is 19.7 Å². The summed E-state index contributed by atoms with van der Waals surface area (Å²) in [6, 6.07) is 8.27. The van der Waals surface area contributed by atoms with Crippen molar-refractivity contribution >= 4 is 57.6 Å². The Morgan fingerprint density at radius 3 is 2.54 bits per heavy atom. The average molecular weight is 421 g/mol. The van der Waals surface area contributed by atoms with Crippen molar-refractivity contribution in [3.05, 3.63) is 72.1 Å². The summed E-state index contributed by atoms with van der Waals surface area (Å²) in [5.74, 6) is -1.36. The number of phenols is 1. The highest BCUT2D eigenvalue weighted by Crippen LogP contribution is 2.38. The fraction of sp³-hybridized carbons (Fsp3) is 0. The van der Waals surface area contributed by atoms with Crippen LogP contribution < -0.4 is 5.32 Å². The molecule has 0 bridgehead atoms. The summed E-state index contributed by atoms with van der Waals surface area (Å²) < 4.78 is 0. The SMILES string of the molecule is O=C1NC(=Nc2ccccc2Cl)S/C1=C/c1cc([N+](=O)[O-])cc([N+](=O)[O-])c1O. The Labute approximate surface area is 165 Å². The van der Waals surface area contributed by atoms with E-state index in [1.807, 2.05) is 0 Å². The molecule has 1 fully saturated rings. The molecule has 1 aliphatic heterocycles. The Hall–Kier alpha value is -3.44. The maximum atomic E-state index is 12.1. The van der Waals surface area contributed by atoms with E-state index in [2.05, 4.69) is 10.3 Å². The van der Waals surface area contributed by atoms with Crippen molar-refractivity contribution in [3.63, 3.8) is 0 Å². The third-order valence-electron chi connectivity index (χ3n) is 3.52. The maximum absolute atomic E-state index is 12.1. The van der Waals surface area contributed by atoms with Crippen LogP contribution >= 0.6 is 23.4 Å². The minimum atomic E-state index is -0.948. The summed E-state index contributed by atoms with van der Waals surface area (Å²) in [4.78, 5) is 36.6. The molecule has 0 unspecified atom stereocenters. The van der Waals surface area contributed by atoms with Crippen molar-refractivity contribution in [3.8, 4) is 5.75 Å². The van der Waals surface area contributed by atoms with Crippen LogP contribution in [0.15, 0.2) is 46.3 Å². The number of carbonyl (C=O) groups excluding carboxylic acids is 1. The Morgan fingerprint density at radius 1 is 1.18 bits per heavy atom. The predicted octanol–water partition coefficient (Wildman–Crippen LogP) is 3.75. The number of nitrogens with zero attached hydrogens (tertiary/aromatic N) is 3. The van der Waals surface area contributed by atoms with Crippen LogP contribution in [0.3, 0.4) is 0 Å². The molecule has 142 valence electrons.